The van der Waals surface area contributed by atoms with Crippen molar-refractivity contribution in [3.05, 3.63) is 34.3 Å². The van der Waals surface area contributed by atoms with Crippen LogP contribution >= 0.6 is 15.9 Å². The Labute approximate surface area is 136 Å². The molecule has 1 amide bonds. The van der Waals surface area contributed by atoms with Crippen LogP contribution in [0.15, 0.2) is 33.8 Å². The van der Waals surface area contributed by atoms with E-state index in [0.29, 0.717) is 6.42 Å². The van der Waals surface area contributed by atoms with Crippen LogP contribution in [-0.4, -0.2) is 11.6 Å². The third kappa shape index (κ3) is 8.00. The van der Waals surface area contributed by atoms with Crippen LogP contribution < -0.4 is 5.43 Å². The monoisotopic (exact) mass is 352 g/mol. The van der Waals surface area contributed by atoms with E-state index in [0.717, 1.165) is 28.6 Å². The molecule has 4 heteroatoms. The van der Waals surface area contributed by atoms with Gasteiger partial charge in [0.25, 0.3) is 0 Å². The van der Waals surface area contributed by atoms with Crippen LogP contribution in [0.3, 0.4) is 0 Å². The largest absolute Gasteiger partial charge is 0.273 e. The van der Waals surface area contributed by atoms with E-state index in [1.807, 2.05) is 31.2 Å². The number of amides is 1. The second-order valence-electron chi connectivity index (χ2n) is 5.26. The lowest BCUT2D eigenvalue weighted by Crippen LogP contribution is -2.18. The molecule has 1 aromatic carbocycles. The van der Waals surface area contributed by atoms with Gasteiger partial charge in [0.05, 0.1) is 5.71 Å². The molecule has 3 nitrogen and oxygen atoms in total. The maximum Gasteiger partial charge on any atom is 0.240 e. The third-order valence-corrected chi connectivity index (χ3v) is 3.90. The van der Waals surface area contributed by atoms with Crippen LogP contribution in [0.1, 0.15) is 64.4 Å². The average molecular weight is 353 g/mol. The zero-order chi connectivity index (χ0) is 15.5. The summed E-state index contributed by atoms with van der Waals surface area (Å²) in [5, 5.41) is 4.15. The van der Waals surface area contributed by atoms with Gasteiger partial charge >= 0.3 is 0 Å². The Bertz CT molecular complexity index is 454. The molecule has 1 N–H and O–H groups in total. The van der Waals surface area contributed by atoms with Gasteiger partial charge in [-0.1, -0.05) is 67.1 Å². The second kappa shape index (κ2) is 10.6. The van der Waals surface area contributed by atoms with Crippen LogP contribution in [0.5, 0.6) is 0 Å². The third-order valence-electron chi connectivity index (χ3n) is 3.37. The highest BCUT2D eigenvalue weighted by Gasteiger charge is 2.01. The lowest BCUT2D eigenvalue weighted by Gasteiger charge is -2.03. The molecule has 116 valence electrons. The number of carbonyl (C=O) groups excluding carboxylic acids is 1. The number of benzene rings is 1. The molecule has 1 rings (SSSR count). The Morgan fingerprint density at radius 2 is 1.71 bits per heavy atom. The fourth-order valence-electron chi connectivity index (χ4n) is 2.02. The Morgan fingerprint density at radius 3 is 2.38 bits per heavy atom. The summed E-state index contributed by atoms with van der Waals surface area (Å²) in [7, 11) is 0. The molecule has 0 radical (unpaired) electrons. The highest BCUT2D eigenvalue weighted by atomic mass is 79.9. The molecule has 0 saturated carbocycles. The molecular weight excluding hydrogens is 328 g/mol. The summed E-state index contributed by atoms with van der Waals surface area (Å²) in [4.78, 5) is 11.7. The standard InChI is InChI=1S/C17H25BrN2O/c1-3-4-5-6-7-8-9-17(21)20-19-14(2)15-10-12-16(18)13-11-15/h10-13H,3-9H2,1-2H3,(H,20,21)/b19-14+. The van der Waals surface area contributed by atoms with Gasteiger partial charge in [-0.15, -0.1) is 0 Å². The first kappa shape index (κ1) is 17.9. The van der Waals surface area contributed by atoms with E-state index in [4.69, 9.17) is 0 Å². The molecule has 0 unspecified atom stereocenters. The topological polar surface area (TPSA) is 41.5 Å². The fourth-order valence-corrected chi connectivity index (χ4v) is 2.29. The molecule has 0 aromatic heterocycles. The Kier molecular flexibility index (Phi) is 8.99. The van der Waals surface area contributed by atoms with Crippen molar-refractivity contribution in [3.8, 4) is 0 Å². The Hall–Kier alpha value is -1.16. The first-order chi connectivity index (χ1) is 10.1. The number of nitrogens with one attached hydrogen (secondary N) is 1. The molecule has 0 aliphatic heterocycles. The van der Waals surface area contributed by atoms with Gasteiger partial charge in [-0.05, 0) is 31.0 Å². The molecule has 0 bridgehead atoms. The fraction of sp³-hybridized carbons (Fsp3) is 0.529. The maximum absolute atomic E-state index is 11.7. The molecule has 0 aliphatic rings. The first-order valence-electron chi connectivity index (χ1n) is 7.72. The van der Waals surface area contributed by atoms with Gasteiger partial charge in [-0.3, -0.25) is 4.79 Å². The van der Waals surface area contributed by atoms with Gasteiger partial charge in [0, 0.05) is 10.9 Å². The molecular formula is C17H25BrN2O. The Morgan fingerprint density at radius 1 is 1.10 bits per heavy atom. The minimum atomic E-state index is 0.00181. The van der Waals surface area contributed by atoms with Crippen molar-refractivity contribution < 1.29 is 4.79 Å². The maximum atomic E-state index is 11.7. The van der Waals surface area contributed by atoms with Gasteiger partial charge in [0.1, 0.15) is 0 Å². The number of unbranched alkanes of at least 4 members (excludes halogenated alkanes) is 5. The highest BCUT2D eigenvalue weighted by Crippen LogP contribution is 2.11. The van der Waals surface area contributed by atoms with Crippen molar-refractivity contribution in [1.29, 1.82) is 0 Å². The SMILES string of the molecule is CCCCCCCCC(=O)N/N=C(\C)c1ccc(Br)cc1. The minimum absolute atomic E-state index is 0.00181. The molecule has 0 aliphatic carbocycles. The van der Waals surface area contributed by atoms with Gasteiger partial charge < -0.3 is 0 Å². The molecule has 0 fully saturated rings. The summed E-state index contributed by atoms with van der Waals surface area (Å²) >= 11 is 3.40. The van der Waals surface area contributed by atoms with Gasteiger partial charge in [-0.25, -0.2) is 5.43 Å². The smallest absolute Gasteiger partial charge is 0.240 e. The molecule has 0 atom stereocenters. The summed E-state index contributed by atoms with van der Waals surface area (Å²) in [5.41, 5.74) is 4.47. The zero-order valence-corrected chi connectivity index (χ0v) is 14.6. The number of hydrogen-bond donors (Lipinski definition) is 1. The van der Waals surface area contributed by atoms with Crippen molar-refractivity contribution in [2.75, 3.05) is 0 Å². The summed E-state index contributed by atoms with van der Waals surface area (Å²) in [6.07, 6.45) is 7.68. The number of rotatable bonds is 9. The number of halogens is 1. The van der Waals surface area contributed by atoms with Crippen molar-refractivity contribution in [2.24, 2.45) is 5.10 Å². The van der Waals surface area contributed by atoms with E-state index in [1.165, 1.54) is 25.7 Å². The number of nitrogens with zero attached hydrogens (tertiary/aromatic N) is 1. The lowest BCUT2D eigenvalue weighted by molar-refractivity contribution is -0.121. The predicted molar refractivity (Wildman–Crippen MR) is 92.5 cm³/mol. The normalized spacial score (nSPS) is 11.5. The molecule has 21 heavy (non-hydrogen) atoms. The molecule has 0 saturated heterocycles. The lowest BCUT2D eigenvalue weighted by atomic mass is 10.1. The van der Waals surface area contributed by atoms with E-state index < -0.39 is 0 Å². The van der Waals surface area contributed by atoms with Crippen molar-refractivity contribution in [1.82, 2.24) is 5.43 Å². The van der Waals surface area contributed by atoms with Crippen LogP contribution in [0.2, 0.25) is 0 Å². The number of hydrazone groups is 1. The van der Waals surface area contributed by atoms with E-state index in [9.17, 15) is 4.79 Å². The molecule has 0 spiro atoms. The molecule has 0 heterocycles. The summed E-state index contributed by atoms with van der Waals surface area (Å²) < 4.78 is 1.03. The number of hydrogen-bond acceptors (Lipinski definition) is 2. The van der Waals surface area contributed by atoms with E-state index in [-0.39, 0.29) is 5.91 Å². The summed E-state index contributed by atoms with van der Waals surface area (Å²) in [6.45, 7) is 4.10. The van der Waals surface area contributed by atoms with E-state index in [1.54, 1.807) is 0 Å². The van der Waals surface area contributed by atoms with Crippen molar-refractivity contribution in [2.45, 2.75) is 58.8 Å². The molecule has 1 aromatic rings. The predicted octanol–water partition coefficient (Wildman–Crippen LogP) is 5.04. The van der Waals surface area contributed by atoms with E-state index >= 15 is 0 Å². The summed E-state index contributed by atoms with van der Waals surface area (Å²) in [6, 6.07) is 7.88. The van der Waals surface area contributed by atoms with Crippen molar-refractivity contribution >= 4 is 27.5 Å². The van der Waals surface area contributed by atoms with E-state index in [2.05, 4.69) is 33.4 Å². The number of carbonyl (C=O) groups is 1. The van der Waals surface area contributed by atoms with Crippen molar-refractivity contribution in [3.63, 3.8) is 0 Å². The highest BCUT2D eigenvalue weighted by molar-refractivity contribution is 9.10. The van der Waals surface area contributed by atoms with Gasteiger partial charge in [-0.2, -0.15) is 5.10 Å². The summed E-state index contributed by atoms with van der Waals surface area (Å²) in [5.74, 6) is 0.00181. The van der Waals surface area contributed by atoms with Crippen LogP contribution in [0.25, 0.3) is 0 Å². The minimum Gasteiger partial charge on any atom is -0.273 e. The van der Waals surface area contributed by atoms with Crippen LogP contribution in [-0.2, 0) is 4.79 Å². The average Bonchev–Trinajstić information content (AvgIpc) is 2.49. The van der Waals surface area contributed by atoms with Gasteiger partial charge in [0.15, 0.2) is 0 Å². The zero-order valence-electron chi connectivity index (χ0n) is 13.0. The Balaban J connectivity index is 2.25. The first-order valence-corrected chi connectivity index (χ1v) is 8.52. The van der Waals surface area contributed by atoms with Gasteiger partial charge in [0.2, 0.25) is 5.91 Å². The second-order valence-corrected chi connectivity index (χ2v) is 6.17. The quantitative estimate of drug-likeness (QED) is 0.377. The van der Waals surface area contributed by atoms with Crippen LogP contribution in [0.4, 0.5) is 0 Å². The van der Waals surface area contributed by atoms with Crippen LogP contribution in [0, 0.1) is 0 Å².